The van der Waals surface area contributed by atoms with Gasteiger partial charge in [-0.25, -0.2) is 4.79 Å². The molecule has 0 saturated heterocycles. The van der Waals surface area contributed by atoms with Crippen LogP contribution in [0.1, 0.15) is 33.1 Å². The van der Waals surface area contributed by atoms with Crippen LogP contribution < -0.4 is 0 Å². The Balaban J connectivity index is 3.99. The third-order valence-corrected chi connectivity index (χ3v) is 1.75. The molecule has 0 aliphatic heterocycles. The molecule has 0 spiro atoms. The fraction of sp³-hybridized carbons (Fsp3) is 0.545. The zero-order valence-corrected chi connectivity index (χ0v) is 8.67. The van der Waals surface area contributed by atoms with Crippen LogP contribution in [-0.2, 0) is 9.53 Å². The molecule has 0 heterocycles. The highest BCUT2D eigenvalue weighted by Gasteiger charge is 2.02. The lowest BCUT2D eigenvalue weighted by Crippen LogP contribution is -2.01. The van der Waals surface area contributed by atoms with E-state index in [1.807, 2.05) is 19.1 Å². The predicted octanol–water partition coefficient (Wildman–Crippen LogP) is 2.85. The number of ether oxygens (including phenoxy) is 1. The van der Waals surface area contributed by atoms with Gasteiger partial charge >= 0.3 is 5.97 Å². The van der Waals surface area contributed by atoms with Crippen molar-refractivity contribution in [3.05, 3.63) is 23.8 Å². The van der Waals surface area contributed by atoms with Gasteiger partial charge in [0.25, 0.3) is 0 Å². The highest BCUT2D eigenvalue weighted by Crippen LogP contribution is 2.02. The molecule has 0 bridgehead atoms. The topological polar surface area (TPSA) is 26.3 Å². The summed E-state index contributed by atoms with van der Waals surface area (Å²) >= 11 is 0. The fourth-order valence-electron chi connectivity index (χ4n) is 0.932. The predicted molar refractivity (Wildman–Crippen MR) is 54.4 cm³/mol. The molecule has 0 saturated carbocycles. The van der Waals surface area contributed by atoms with Gasteiger partial charge in [-0.15, -0.1) is 0 Å². The Morgan fingerprint density at radius 3 is 2.62 bits per heavy atom. The van der Waals surface area contributed by atoms with Crippen LogP contribution in [0.2, 0.25) is 0 Å². The lowest BCUT2D eigenvalue weighted by molar-refractivity contribution is -0.135. The summed E-state index contributed by atoms with van der Waals surface area (Å²) in [7, 11) is 1.39. The summed E-state index contributed by atoms with van der Waals surface area (Å²) in [6.07, 6.45) is 8.94. The molecule has 0 aromatic carbocycles. The molecule has 2 heteroatoms. The highest BCUT2D eigenvalue weighted by atomic mass is 16.5. The van der Waals surface area contributed by atoms with Gasteiger partial charge in [-0.1, -0.05) is 38.0 Å². The van der Waals surface area contributed by atoms with Gasteiger partial charge in [0.15, 0.2) is 0 Å². The number of hydrogen-bond donors (Lipinski definition) is 0. The quantitative estimate of drug-likeness (QED) is 0.283. The SMILES string of the molecule is C/C=C(/C=C/CCCC)C(=O)OC. The third kappa shape index (κ3) is 5.23. The van der Waals surface area contributed by atoms with Crippen LogP contribution in [0, 0.1) is 0 Å². The maximum absolute atomic E-state index is 11.1. The van der Waals surface area contributed by atoms with Gasteiger partial charge in [0.1, 0.15) is 0 Å². The number of methoxy groups -OCH3 is 1. The highest BCUT2D eigenvalue weighted by molar-refractivity contribution is 5.91. The smallest absolute Gasteiger partial charge is 0.337 e. The second-order valence-corrected chi connectivity index (χ2v) is 2.78. The van der Waals surface area contributed by atoms with Crippen LogP contribution in [-0.4, -0.2) is 13.1 Å². The Morgan fingerprint density at radius 1 is 1.46 bits per heavy atom. The van der Waals surface area contributed by atoms with E-state index >= 15 is 0 Å². The molecular formula is C11H18O2. The van der Waals surface area contributed by atoms with E-state index in [1.54, 1.807) is 6.08 Å². The zero-order valence-electron chi connectivity index (χ0n) is 8.67. The van der Waals surface area contributed by atoms with Crippen LogP contribution in [0.15, 0.2) is 23.8 Å². The van der Waals surface area contributed by atoms with Crippen LogP contribution in [0.4, 0.5) is 0 Å². The Morgan fingerprint density at radius 2 is 2.15 bits per heavy atom. The van der Waals surface area contributed by atoms with E-state index in [9.17, 15) is 4.79 Å². The molecule has 0 amide bonds. The van der Waals surface area contributed by atoms with Crippen molar-refractivity contribution < 1.29 is 9.53 Å². The minimum absolute atomic E-state index is 0.268. The van der Waals surface area contributed by atoms with Crippen LogP contribution >= 0.6 is 0 Å². The van der Waals surface area contributed by atoms with Crippen molar-refractivity contribution in [1.82, 2.24) is 0 Å². The fourth-order valence-corrected chi connectivity index (χ4v) is 0.932. The molecule has 0 N–H and O–H groups in total. The minimum Gasteiger partial charge on any atom is -0.465 e. The molecule has 0 aliphatic rings. The van der Waals surface area contributed by atoms with Gasteiger partial charge in [-0.3, -0.25) is 0 Å². The van der Waals surface area contributed by atoms with E-state index < -0.39 is 0 Å². The van der Waals surface area contributed by atoms with E-state index in [-0.39, 0.29) is 5.97 Å². The monoisotopic (exact) mass is 182 g/mol. The van der Waals surface area contributed by atoms with E-state index in [1.165, 1.54) is 13.5 Å². The van der Waals surface area contributed by atoms with Crippen molar-refractivity contribution in [2.75, 3.05) is 7.11 Å². The molecule has 0 atom stereocenters. The van der Waals surface area contributed by atoms with Crippen LogP contribution in [0.3, 0.4) is 0 Å². The first-order valence-electron chi connectivity index (χ1n) is 4.67. The van der Waals surface area contributed by atoms with E-state index in [2.05, 4.69) is 11.7 Å². The van der Waals surface area contributed by atoms with Crippen molar-refractivity contribution in [2.24, 2.45) is 0 Å². The Hall–Kier alpha value is -1.05. The van der Waals surface area contributed by atoms with Crippen molar-refractivity contribution >= 4 is 5.97 Å². The lowest BCUT2D eigenvalue weighted by Gasteiger charge is -1.97. The molecule has 74 valence electrons. The molecule has 13 heavy (non-hydrogen) atoms. The molecular weight excluding hydrogens is 164 g/mol. The Kier molecular flexibility index (Phi) is 6.98. The van der Waals surface area contributed by atoms with Crippen molar-refractivity contribution in [1.29, 1.82) is 0 Å². The third-order valence-electron chi connectivity index (χ3n) is 1.75. The second-order valence-electron chi connectivity index (χ2n) is 2.78. The summed E-state index contributed by atoms with van der Waals surface area (Å²) in [4.78, 5) is 11.1. The van der Waals surface area contributed by atoms with Crippen molar-refractivity contribution in [3.63, 3.8) is 0 Å². The maximum atomic E-state index is 11.1. The van der Waals surface area contributed by atoms with E-state index in [0.717, 1.165) is 12.8 Å². The summed E-state index contributed by atoms with van der Waals surface area (Å²) in [6, 6.07) is 0. The lowest BCUT2D eigenvalue weighted by atomic mass is 10.2. The van der Waals surface area contributed by atoms with Gasteiger partial charge < -0.3 is 4.74 Å². The molecule has 0 rings (SSSR count). The Labute approximate surface area is 80.3 Å². The molecule has 0 fully saturated rings. The first kappa shape index (κ1) is 11.9. The number of esters is 1. The summed E-state index contributed by atoms with van der Waals surface area (Å²) in [5.41, 5.74) is 0.624. The van der Waals surface area contributed by atoms with E-state index in [0.29, 0.717) is 5.57 Å². The minimum atomic E-state index is -0.268. The molecule has 0 unspecified atom stereocenters. The molecule has 0 aromatic heterocycles. The normalized spacial score (nSPS) is 12.1. The number of rotatable bonds is 5. The molecule has 0 aromatic rings. The van der Waals surface area contributed by atoms with Crippen LogP contribution in [0.5, 0.6) is 0 Å². The summed E-state index contributed by atoms with van der Waals surface area (Å²) in [5, 5.41) is 0. The standard InChI is InChI=1S/C11H18O2/c1-4-6-7-8-9-10(5-2)11(12)13-3/h5,8-9H,4,6-7H2,1-3H3/b9-8+,10-5-. The summed E-state index contributed by atoms with van der Waals surface area (Å²) in [5.74, 6) is -0.268. The van der Waals surface area contributed by atoms with Gasteiger partial charge in [-0.05, 0) is 13.3 Å². The van der Waals surface area contributed by atoms with Gasteiger partial charge in [0.05, 0.1) is 12.7 Å². The summed E-state index contributed by atoms with van der Waals surface area (Å²) in [6.45, 7) is 3.97. The van der Waals surface area contributed by atoms with Gasteiger partial charge in [-0.2, -0.15) is 0 Å². The Bertz CT molecular complexity index is 202. The molecule has 2 nitrogen and oxygen atoms in total. The molecule has 0 aliphatic carbocycles. The average molecular weight is 182 g/mol. The second kappa shape index (κ2) is 7.59. The van der Waals surface area contributed by atoms with E-state index in [4.69, 9.17) is 0 Å². The molecule has 0 radical (unpaired) electrons. The average Bonchev–Trinajstić information content (AvgIpc) is 2.17. The van der Waals surface area contributed by atoms with Gasteiger partial charge in [0, 0.05) is 0 Å². The van der Waals surface area contributed by atoms with Gasteiger partial charge in [0.2, 0.25) is 0 Å². The number of unbranched alkanes of at least 4 members (excludes halogenated alkanes) is 2. The number of carbonyl (C=O) groups is 1. The van der Waals surface area contributed by atoms with Crippen LogP contribution in [0.25, 0.3) is 0 Å². The maximum Gasteiger partial charge on any atom is 0.337 e. The number of hydrogen-bond acceptors (Lipinski definition) is 2. The summed E-state index contributed by atoms with van der Waals surface area (Å²) < 4.78 is 4.60. The number of allylic oxidation sites excluding steroid dienone is 2. The van der Waals surface area contributed by atoms with Crippen molar-refractivity contribution in [3.8, 4) is 0 Å². The first-order chi connectivity index (χ1) is 6.26. The van der Waals surface area contributed by atoms with Crippen molar-refractivity contribution in [2.45, 2.75) is 33.1 Å². The first-order valence-corrected chi connectivity index (χ1v) is 4.67. The number of carbonyl (C=O) groups excluding carboxylic acids is 1. The largest absolute Gasteiger partial charge is 0.465 e. The zero-order chi connectivity index (χ0) is 10.1.